The molecular formula is C20H18F3N3O4S2. The number of sulfonamides is 1. The molecule has 12 heteroatoms. The molecule has 1 unspecified atom stereocenters. The Morgan fingerprint density at radius 2 is 1.81 bits per heavy atom. The minimum atomic E-state index is -4.45. The number of nitrogens with zero attached hydrogens (tertiary/aromatic N) is 2. The summed E-state index contributed by atoms with van der Waals surface area (Å²) in [6.45, 7) is 0.327. The summed E-state index contributed by atoms with van der Waals surface area (Å²) >= 11 is 1.15. The fourth-order valence-electron chi connectivity index (χ4n) is 3.16. The lowest BCUT2D eigenvalue weighted by Gasteiger charge is -2.18. The van der Waals surface area contributed by atoms with Crippen LogP contribution in [0.25, 0.3) is 0 Å². The zero-order chi connectivity index (χ0) is 22.9. The first kappa shape index (κ1) is 22.1. The van der Waals surface area contributed by atoms with Crippen LogP contribution < -0.4 is 14.4 Å². The molecule has 3 aromatic rings. The Morgan fingerprint density at radius 3 is 2.41 bits per heavy atom. The van der Waals surface area contributed by atoms with Gasteiger partial charge in [-0.3, -0.25) is 9.52 Å². The third-order valence-electron chi connectivity index (χ3n) is 4.73. The number of benzene rings is 2. The maximum Gasteiger partial charge on any atom is 0.416 e. The molecule has 1 amide bonds. The second-order valence-electron chi connectivity index (χ2n) is 6.84. The molecule has 0 saturated carbocycles. The van der Waals surface area contributed by atoms with E-state index in [-0.39, 0.29) is 23.1 Å². The summed E-state index contributed by atoms with van der Waals surface area (Å²) in [5.74, 6) is -0.200. The van der Waals surface area contributed by atoms with Gasteiger partial charge in [0.1, 0.15) is 5.75 Å². The normalized spacial score (nSPS) is 16.9. The summed E-state index contributed by atoms with van der Waals surface area (Å²) in [7, 11) is -3.81. The van der Waals surface area contributed by atoms with Crippen molar-refractivity contribution >= 4 is 38.1 Å². The molecule has 1 N–H and O–H groups in total. The summed E-state index contributed by atoms with van der Waals surface area (Å²) in [6, 6.07) is 9.91. The maximum absolute atomic E-state index is 12.7. The average Bonchev–Trinajstić information content (AvgIpc) is 3.38. The minimum absolute atomic E-state index is 0. The zero-order valence-electron chi connectivity index (χ0n) is 16.2. The Labute approximate surface area is 187 Å². The second kappa shape index (κ2) is 8.43. The number of hydrogen-bond acceptors (Lipinski definition) is 6. The number of carbonyl (C=O) groups is 1. The monoisotopic (exact) mass is 485 g/mol. The van der Waals surface area contributed by atoms with Crippen LogP contribution in [0.3, 0.4) is 0 Å². The molecule has 7 nitrogen and oxygen atoms in total. The lowest BCUT2D eigenvalue weighted by atomic mass is 10.2. The quantitative estimate of drug-likeness (QED) is 0.559. The van der Waals surface area contributed by atoms with Gasteiger partial charge >= 0.3 is 6.18 Å². The van der Waals surface area contributed by atoms with Crippen molar-refractivity contribution < 1.29 is 32.5 Å². The third-order valence-corrected chi connectivity index (χ3v) is 6.90. The topological polar surface area (TPSA) is 88.6 Å². The van der Waals surface area contributed by atoms with Gasteiger partial charge in [0.2, 0.25) is 0 Å². The number of hydrogen-bond donors (Lipinski definition) is 1. The lowest BCUT2D eigenvalue weighted by molar-refractivity contribution is -0.137. The van der Waals surface area contributed by atoms with E-state index < -0.39 is 27.9 Å². The molecule has 0 spiro atoms. The molecule has 170 valence electrons. The first-order chi connectivity index (χ1) is 15.1. The first-order valence-electron chi connectivity index (χ1n) is 9.31. The standard InChI is InChI=1S/C20H16F3N3O4S2.H2/c21-20(22,23)13-1-5-15(6-2-13)30-17-9-11-26(18(17)27)14-3-7-16(8-4-14)32(28,29)25-19-24-10-12-31-19;/h1-8,10,12,17H,9,11H2,(H,24,25);1H. The minimum Gasteiger partial charge on any atom is -0.481 e. The van der Waals surface area contributed by atoms with Crippen LogP contribution >= 0.6 is 11.3 Å². The number of thiazole rings is 1. The molecule has 1 aliphatic heterocycles. The third kappa shape index (κ3) is 4.70. The number of rotatable bonds is 6. The van der Waals surface area contributed by atoms with Crippen LogP contribution in [0.15, 0.2) is 65.0 Å². The molecule has 0 bridgehead atoms. The Balaban J connectivity index is 0.00000306. The van der Waals surface area contributed by atoms with E-state index in [1.807, 2.05) is 0 Å². The van der Waals surface area contributed by atoms with Crippen LogP contribution in [0.4, 0.5) is 24.0 Å². The average molecular weight is 486 g/mol. The highest BCUT2D eigenvalue weighted by Crippen LogP contribution is 2.31. The summed E-state index contributed by atoms with van der Waals surface area (Å²) in [4.78, 5) is 18.1. The number of aromatic nitrogens is 1. The zero-order valence-corrected chi connectivity index (χ0v) is 17.9. The van der Waals surface area contributed by atoms with Crippen molar-refractivity contribution in [1.82, 2.24) is 4.98 Å². The smallest absolute Gasteiger partial charge is 0.416 e. The van der Waals surface area contributed by atoms with Gasteiger partial charge in [0.05, 0.1) is 10.5 Å². The molecule has 1 atom stereocenters. The maximum atomic E-state index is 12.7. The van der Waals surface area contributed by atoms with E-state index in [1.165, 1.54) is 47.5 Å². The Hall–Kier alpha value is -3.12. The number of alkyl halides is 3. The van der Waals surface area contributed by atoms with Gasteiger partial charge < -0.3 is 9.64 Å². The molecule has 1 fully saturated rings. The number of amides is 1. The van der Waals surface area contributed by atoms with Crippen molar-refractivity contribution in [2.24, 2.45) is 0 Å². The summed E-state index contributed by atoms with van der Waals surface area (Å²) in [5, 5.41) is 1.88. The molecule has 1 aliphatic rings. The van der Waals surface area contributed by atoms with Crippen molar-refractivity contribution in [3.8, 4) is 5.75 Å². The number of halogens is 3. The van der Waals surface area contributed by atoms with E-state index >= 15 is 0 Å². The van der Waals surface area contributed by atoms with Crippen molar-refractivity contribution in [3.63, 3.8) is 0 Å². The Morgan fingerprint density at radius 1 is 1.12 bits per heavy atom. The molecule has 1 aromatic heterocycles. The molecular weight excluding hydrogens is 467 g/mol. The van der Waals surface area contributed by atoms with Crippen molar-refractivity contribution in [1.29, 1.82) is 0 Å². The van der Waals surface area contributed by atoms with Crippen LogP contribution in [0, 0.1) is 0 Å². The molecule has 32 heavy (non-hydrogen) atoms. The molecule has 4 rings (SSSR count). The fourth-order valence-corrected chi connectivity index (χ4v) is 4.95. The summed E-state index contributed by atoms with van der Waals surface area (Å²) < 4.78 is 70.8. The van der Waals surface area contributed by atoms with Gasteiger partial charge in [-0.1, -0.05) is 0 Å². The predicted molar refractivity (Wildman–Crippen MR) is 114 cm³/mol. The summed E-state index contributed by atoms with van der Waals surface area (Å²) in [5.41, 5.74) is -0.315. The van der Waals surface area contributed by atoms with E-state index in [9.17, 15) is 26.4 Å². The number of anilines is 2. The predicted octanol–water partition coefficient (Wildman–Crippen LogP) is 4.39. The molecule has 1 saturated heterocycles. The lowest BCUT2D eigenvalue weighted by Crippen LogP contribution is -2.32. The molecule has 0 aliphatic carbocycles. The molecule has 2 aromatic carbocycles. The number of carbonyl (C=O) groups excluding carboxylic acids is 1. The van der Waals surface area contributed by atoms with E-state index in [0.717, 1.165) is 23.5 Å². The molecule has 2 heterocycles. The van der Waals surface area contributed by atoms with Crippen LogP contribution in [0.2, 0.25) is 0 Å². The first-order valence-corrected chi connectivity index (χ1v) is 11.7. The van der Waals surface area contributed by atoms with Gasteiger partial charge in [0.25, 0.3) is 15.9 Å². The largest absolute Gasteiger partial charge is 0.481 e. The second-order valence-corrected chi connectivity index (χ2v) is 9.42. The number of nitrogens with one attached hydrogen (secondary N) is 1. The van der Waals surface area contributed by atoms with Gasteiger partial charge in [-0.2, -0.15) is 13.2 Å². The van der Waals surface area contributed by atoms with Crippen LogP contribution in [-0.2, 0) is 21.0 Å². The van der Waals surface area contributed by atoms with Crippen LogP contribution in [-0.4, -0.2) is 32.0 Å². The highest BCUT2D eigenvalue weighted by molar-refractivity contribution is 7.93. The van der Waals surface area contributed by atoms with E-state index in [4.69, 9.17) is 4.74 Å². The summed E-state index contributed by atoms with van der Waals surface area (Å²) in [6.07, 6.45) is -3.48. The SMILES string of the molecule is O=C1C(Oc2ccc(C(F)(F)F)cc2)CCN1c1ccc(S(=O)(=O)Nc2nccs2)cc1.[HH]. The highest BCUT2D eigenvalue weighted by atomic mass is 32.2. The Bertz CT molecular complexity index is 1200. The van der Waals surface area contributed by atoms with Crippen LogP contribution in [0.1, 0.15) is 13.4 Å². The van der Waals surface area contributed by atoms with Gasteiger partial charge in [-0.25, -0.2) is 13.4 Å². The highest BCUT2D eigenvalue weighted by Gasteiger charge is 2.35. The van der Waals surface area contributed by atoms with Gasteiger partial charge in [-0.15, -0.1) is 11.3 Å². The Kier molecular flexibility index (Phi) is 5.82. The number of ether oxygens (including phenoxy) is 1. The van der Waals surface area contributed by atoms with Gasteiger partial charge in [0.15, 0.2) is 11.2 Å². The van der Waals surface area contributed by atoms with Crippen molar-refractivity contribution in [2.75, 3.05) is 16.2 Å². The fraction of sp³-hybridized carbons (Fsp3) is 0.200. The van der Waals surface area contributed by atoms with Crippen molar-refractivity contribution in [3.05, 3.63) is 65.7 Å². The van der Waals surface area contributed by atoms with E-state index in [1.54, 1.807) is 5.38 Å². The van der Waals surface area contributed by atoms with E-state index in [2.05, 4.69) is 9.71 Å². The van der Waals surface area contributed by atoms with Crippen LogP contribution in [0.5, 0.6) is 5.75 Å². The molecule has 0 radical (unpaired) electrons. The van der Waals surface area contributed by atoms with Gasteiger partial charge in [0, 0.05) is 31.7 Å². The van der Waals surface area contributed by atoms with Gasteiger partial charge in [-0.05, 0) is 48.5 Å². The van der Waals surface area contributed by atoms with E-state index in [0.29, 0.717) is 18.7 Å². The van der Waals surface area contributed by atoms with Crippen molar-refractivity contribution in [2.45, 2.75) is 23.6 Å².